The Balaban J connectivity index is 1.73. The van der Waals surface area contributed by atoms with E-state index in [-0.39, 0.29) is 0 Å². The van der Waals surface area contributed by atoms with Gasteiger partial charge in [0.15, 0.2) is 0 Å². The lowest BCUT2D eigenvalue weighted by molar-refractivity contribution is 0.340. The summed E-state index contributed by atoms with van der Waals surface area (Å²) in [4.78, 5) is 4.88. The fraction of sp³-hybridized carbons (Fsp3) is 0.182. The first kappa shape index (κ1) is 17.3. The minimum atomic E-state index is 0.491. The normalized spacial score (nSPS) is 10.8. The molecule has 0 aliphatic heterocycles. The Labute approximate surface area is 162 Å². The summed E-state index contributed by atoms with van der Waals surface area (Å²) in [6, 6.07) is 18.5. The van der Waals surface area contributed by atoms with Crippen LogP contribution in [0.25, 0.3) is 32.7 Å². The molecule has 5 heteroatoms. The number of benzene rings is 2. The van der Waals surface area contributed by atoms with Gasteiger partial charge in [0.25, 0.3) is 0 Å². The molecule has 0 aliphatic carbocycles. The molecule has 0 aliphatic rings. The molecule has 0 radical (unpaired) electrons. The first-order valence-electron chi connectivity index (χ1n) is 8.94. The van der Waals surface area contributed by atoms with Crippen LogP contribution in [0.1, 0.15) is 13.3 Å². The molecular weight excluding hydrogens is 354 g/mol. The fourth-order valence-corrected chi connectivity index (χ4v) is 4.04. The third kappa shape index (κ3) is 3.44. The van der Waals surface area contributed by atoms with Crippen molar-refractivity contribution in [3.63, 3.8) is 0 Å². The smallest absolute Gasteiger partial charge is 0.124 e. The number of para-hydroxylation sites is 1. The third-order valence-electron chi connectivity index (χ3n) is 4.43. The number of ether oxygens (including phenoxy) is 1. The summed E-state index contributed by atoms with van der Waals surface area (Å²) in [5.41, 5.74) is 4.26. The van der Waals surface area contributed by atoms with E-state index in [0.717, 1.165) is 38.5 Å². The van der Waals surface area contributed by atoms with Crippen molar-refractivity contribution < 1.29 is 4.74 Å². The molecule has 4 aromatic rings. The maximum Gasteiger partial charge on any atom is 0.124 e. The molecule has 0 unspecified atom stereocenters. The molecule has 2 heterocycles. The lowest BCUT2D eigenvalue weighted by Crippen LogP contribution is -1.94. The summed E-state index contributed by atoms with van der Waals surface area (Å²) in [5.74, 6) is 0.861. The molecule has 0 spiro atoms. The van der Waals surface area contributed by atoms with E-state index in [2.05, 4.69) is 40.4 Å². The van der Waals surface area contributed by atoms with Crippen molar-refractivity contribution in [2.45, 2.75) is 19.9 Å². The van der Waals surface area contributed by atoms with Crippen LogP contribution < -0.4 is 4.74 Å². The summed E-state index contributed by atoms with van der Waals surface area (Å²) in [6.45, 7) is 3.31. The Morgan fingerprint density at radius 2 is 2.07 bits per heavy atom. The number of hydrogen-bond donors (Lipinski definition) is 0. The number of aromatic nitrogens is 2. The largest absolute Gasteiger partial charge is 0.494 e. The highest BCUT2D eigenvalue weighted by Crippen LogP contribution is 2.35. The average molecular weight is 373 g/mol. The standard InChI is InChI=1S/C22H19N3OS/c1-2-26-17-8-5-7-16(13-17)22-24-20(15-27-22)19-14-25(12-6-11-23)21-10-4-3-9-18(19)21/h3-5,7-10,13-15H,2,6,12H2,1H3. The topological polar surface area (TPSA) is 50.8 Å². The number of thiazole rings is 1. The molecule has 0 N–H and O–H groups in total. The Hall–Kier alpha value is -3.10. The molecule has 0 saturated heterocycles. The van der Waals surface area contributed by atoms with Gasteiger partial charge in [-0.15, -0.1) is 11.3 Å². The highest BCUT2D eigenvalue weighted by Gasteiger charge is 2.14. The van der Waals surface area contributed by atoms with Crippen LogP contribution in [0.4, 0.5) is 0 Å². The van der Waals surface area contributed by atoms with E-state index in [4.69, 9.17) is 15.0 Å². The number of fused-ring (bicyclic) bond motifs is 1. The van der Waals surface area contributed by atoms with Crippen molar-refractivity contribution >= 4 is 22.2 Å². The maximum atomic E-state index is 8.93. The summed E-state index contributed by atoms with van der Waals surface area (Å²) < 4.78 is 7.75. The molecule has 0 saturated carbocycles. The van der Waals surface area contributed by atoms with Gasteiger partial charge in [0.05, 0.1) is 24.8 Å². The predicted octanol–water partition coefficient (Wildman–Crippen LogP) is 5.74. The monoisotopic (exact) mass is 373 g/mol. The molecule has 0 bridgehead atoms. The lowest BCUT2D eigenvalue weighted by Gasteiger charge is -2.03. The molecule has 2 aromatic heterocycles. The van der Waals surface area contributed by atoms with Crippen LogP contribution in [0, 0.1) is 11.3 Å². The van der Waals surface area contributed by atoms with Gasteiger partial charge in [-0.25, -0.2) is 4.98 Å². The summed E-state index contributed by atoms with van der Waals surface area (Å²) in [5, 5.41) is 13.2. The lowest BCUT2D eigenvalue weighted by atomic mass is 10.1. The van der Waals surface area contributed by atoms with Gasteiger partial charge < -0.3 is 9.30 Å². The van der Waals surface area contributed by atoms with E-state index in [1.54, 1.807) is 11.3 Å². The van der Waals surface area contributed by atoms with E-state index in [1.807, 2.05) is 37.3 Å². The Kier molecular flexibility index (Phi) is 4.91. The quantitative estimate of drug-likeness (QED) is 0.433. The van der Waals surface area contributed by atoms with Crippen LogP contribution in [0.3, 0.4) is 0 Å². The highest BCUT2D eigenvalue weighted by molar-refractivity contribution is 7.13. The minimum absolute atomic E-state index is 0.491. The number of rotatable bonds is 6. The van der Waals surface area contributed by atoms with Gasteiger partial charge in [-0.1, -0.05) is 30.3 Å². The van der Waals surface area contributed by atoms with E-state index in [0.29, 0.717) is 19.6 Å². The second-order valence-corrected chi connectivity index (χ2v) is 7.02. The van der Waals surface area contributed by atoms with E-state index in [1.165, 1.54) is 0 Å². The predicted molar refractivity (Wildman–Crippen MR) is 110 cm³/mol. The number of nitriles is 1. The molecular formula is C22H19N3OS. The molecule has 27 heavy (non-hydrogen) atoms. The van der Waals surface area contributed by atoms with Crippen LogP contribution in [-0.4, -0.2) is 16.2 Å². The van der Waals surface area contributed by atoms with Crippen LogP contribution >= 0.6 is 11.3 Å². The second kappa shape index (κ2) is 7.65. The first-order valence-corrected chi connectivity index (χ1v) is 9.82. The van der Waals surface area contributed by atoms with E-state index >= 15 is 0 Å². The summed E-state index contributed by atoms with van der Waals surface area (Å²) in [7, 11) is 0. The van der Waals surface area contributed by atoms with Crippen LogP contribution in [0.2, 0.25) is 0 Å². The van der Waals surface area contributed by atoms with Crippen LogP contribution in [-0.2, 0) is 6.54 Å². The van der Waals surface area contributed by atoms with Crippen molar-refractivity contribution in [2.24, 2.45) is 0 Å². The average Bonchev–Trinajstić information content (AvgIpc) is 3.32. The molecule has 0 atom stereocenters. The van der Waals surface area contributed by atoms with Gasteiger partial charge in [0.2, 0.25) is 0 Å². The van der Waals surface area contributed by atoms with E-state index in [9.17, 15) is 0 Å². The number of aryl methyl sites for hydroxylation is 1. The molecule has 0 amide bonds. The molecule has 4 nitrogen and oxygen atoms in total. The SMILES string of the molecule is CCOc1cccc(-c2nc(-c3cn(CCC#N)c4ccccc34)cs2)c1. The maximum absolute atomic E-state index is 8.93. The first-order chi connectivity index (χ1) is 13.3. The fourth-order valence-electron chi connectivity index (χ4n) is 3.22. The Bertz CT molecular complexity index is 1120. The molecule has 2 aromatic carbocycles. The van der Waals surface area contributed by atoms with Gasteiger partial charge in [-0.05, 0) is 25.1 Å². The number of nitrogens with zero attached hydrogens (tertiary/aromatic N) is 3. The third-order valence-corrected chi connectivity index (χ3v) is 5.32. The van der Waals surface area contributed by atoms with Crippen molar-refractivity contribution in [1.82, 2.24) is 9.55 Å². The highest BCUT2D eigenvalue weighted by atomic mass is 32.1. The summed E-state index contributed by atoms with van der Waals surface area (Å²) in [6.07, 6.45) is 2.60. The molecule has 134 valence electrons. The van der Waals surface area contributed by atoms with E-state index < -0.39 is 0 Å². The number of hydrogen-bond acceptors (Lipinski definition) is 4. The Morgan fingerprint density at radius 1 is 1.19 bits per heavy atom. The Morgan fingerprint density at radius 3 is 2.93 bits per heavy atom. The molecule has 4 rings (SSSR count). The van der Waals surface area contributed by atoms with Crippen LogP contribution in [0.5, 0.6) is 5.75 Å². The second-order valence-electron chi connectivity index (χ2n) is 6.16. The van der Waals surface area contributed by atoms with Gasteiger partial charge in [0, 0.05) is 40.2 Å². The van der Waals surface area contributed by atoms with Crippen molar-refractivity contribution in [2.75, 3.05) is 6.61 Å². The van der Waals surface area contributed by atoms with Gasteiger partial charge in [-0.2, -0.15) is 5.26 Å². The van der Waals surface area contributed by atoms with Crippen molar-refractivity contribution in [3.05, 3.63) is 60.1 Å². The summed E-state index contributed by atoms with van der Waals surface area (Å²) >= 11 is 1.63. The van der Waals surface area contributed by atoms with Crippen molar-refractivity contribution in [1.29, 1.82) is 5.26 Å². The molecule has 0 fully saturated rings. The van der Waals surface area contributed by atoms with Gasteiger partial charge >= 0.3 is 0 Å². The van der Waals surface area contributed by atoms with Gasteiger partial charge in [-0.3, -0.25) is 0 Å². The van der Waals surface area contributed by atoms with Crippen LogP contribution in [0.15, 0.2) is 60.1 Å². The zero-order valence-corrected chi connectivity index (χ0v) is 15.9. The zero-order valence-electron chi connectivity index (χ0n) is 15.1. The zero-order chi connectivity index (χ0) is 18.6. The van der Waals surface area contributed by atoms with Gasteiger partial charge in [0.1, 0.15) is 10.8 Å². The van der Waals surface area contributed by atoms with Crippen molar-refractivity contribution in [3.8, 4) is 33.6 Å². The minimum Gasteiger partial charge on any atom is -0.494 e.